The maximum Gasteiger partial charge on any atom is 0.224 e. The topological polar surface area (TPSA) is 29.1 Å². The van der Waals surface area contributed by atoms with Crippen LogP contribution in [0.4, 0.5) is 5.69 Å². The normalized spacial score (nSPS) is 16.7. The van der Waals surface area contributed by atoms with Gasteiger partial charge >= 0.3 is 0 Å². The number of halogens is 1. The van der Waals surface area contributed by atoms with Gasteiger partial charge in [0.1, 0.15) is 0 Å². The zero-order valence-corrected chi connectivity index (χ0v) is 20.2. The number of carbonyl (C=O) groups excluding carboxylic acids is 1. The summed E-state index contributed by atoms with van der Waals surface area (Å²) in [7, 11) is 0. The minimum Gasteiger partial charge on any atom is -0.325 e. The Labute approximate surface area is 187 Å². The Balaban J connectivity index is 1.96. The fourth-order valence-electron chi connectivity index (χ4n) is 4.76. The second-order valence-electron chi connectivity index (χ2n) is 10.3. The number of anilines is 1. The van der Waals surface area contributed by atoms with E-state index in [-0.39, 0.29) is 11.3 Å². The highest BCUT2D eigenvalue weighted by Crippen LogP contribution is 2.42. The van der Waals surface area contributed by atoms with Crippen molar-refractivity contribution in [3.8, 4) is 0 Å². The van der Waals surface area contributed by atoms with Crippen LogP contribution in [-0.2, 0) is 17.6 Å². The van der Waals surface area contributed by atoms with Crippen molar-refractivity contribution in [1.29, 1.82) is 0 Å². The molecule has 0 bridgehead atoms. The van der Waals surface area contributed by atoms with Crippen LogP contribution in [0.5, 0.6) is 0 Å². The lowest BCUT2D eigenvalue weighted by molar-refractivity contribution is -0.117. The smallest absolute Gasteiger partial charge is 0.224 e. The van der Waals surface area contributed by atoms with E-state index in [9.17, 15) is 4.79 Å². The van der Waals surface area contributed by atoms with Gasteiger partial charge in [0.25, 0.3) is 0 Å². The maximum atomic E-state index is 12.6. The standard InChI is InChI=1S/C27H36ClNO/c1-17-10-9-11-18(2)22(17)15-20-12-7-8-13-21-23(20)14-19(3)26(25(21)28)29-24(30)16-27(4,5)6/h9-11,14,20H,7-8,12-13,15-16H2,1-6H3,(H,29,30). The summed E-state index contributed by atoms with van der Waals surface area (Å²) in [5.41, 5.74) is 8.64. The molecule has 2 nitrogen and oxygen atoms in total. The van der Waals surface area contributed by atoms with E-state index < -0.39 is 0 Å². The summed E-state index contributed by atoms with van der Waals surface area (Å²) in [5.74, 6) is 0.506. The minimum absolute atomic E-state index is 0.0353. The van der Waals surface area contributed by atoms with E-state index in [1.165, 1.54) is 40.7 Å². The van der Waals surface area contributed by atoms with E-state index >= 15 is 0 Å². The SMILES string of the molecule is Cc1cccc(C)c1CC1CCCCc2c1cc(C)c(NC(=O)CC(C)(C)C)c2Cl. The van der Waals surface area contributed by atoms with Gasteiger partial charge in [-0.15, -0.1) is 0 Å². The lowest BCUT2D eigenvalue weighted by Gasteiger charge is -2.24. The van der Waals surface area contributed by atoms with Crippen LogP contribution in [0, 0.1) is 26.2 Å². The van der Waals surface area contributed by atoms with Crippen LogP contribution >= 0.6 is 11.6 Å². The molecule has 1 unspecified atom stereocenters. The van der Waals surface area contributed by atoms with Gasteiger partial charge in [-0.3, -0.25) is 4.79 Å². The van der Waals surface area contributed by atoms with Gasteiger partial charge < -0.3 is 5.32 Å². The van der Waals surface area contributed by atoms with Gasteiger partial charge in [-0.05, 0) is 91.2 Å². The van der Waals surface area contributed by atoms with Crippen molar-refractivity contribution in [3.63, 3.8) is 0 Å². The second-order valence-corrected chi connectivity index (χ2v) is 10.6. The Morgan fingerprint density at radius 1 is 1.10 bits per heavy atom. The lowest BCUT2D eigenvalue weighted by Crippen LogP contribution is -2.21. The van der Waals surface area contributed by atoms with Gasteiger partial charge in [0.05, 0.1) is 10.7 Å². The van der Waals surface area contributed by atoms with Gasteiger partial charge in [-0.2, -0.15) is 0 Å². The highest BCUT2D eigenvalue weighted by Gasteiger charge is 2.26. The summed E-state index contributed by atoms with van der Waals surface area (Å²) in [5, 5.41) is 3.87. The molecule has 3 rings (SSSR count). The number of carbonyl (C=O) groups is 1. The minimum atomic E-state index is -0.0490. The Morgan fingerprint density at radius 3 is 2.40 bits per heavy atom. The fraction of sp³-hybridized carbons (Fsp3) is 0.519. The second kappa shape index (κ2) is 9.14. The van der Waals surface area contributed by atoms with E-state index in [4.69, 9.17) is 11.6 Å². The Hall–Kier alpha value is -1.80. The van der Waals surface area contributed by atoms with Gasteiger partial charge in [0.15, 0.2) is 0 Å². The molecule has 1 N–H and O–H groups in total. The molecule has 0 fully saturated rings. The fourth-order valence-corrected chi connectivity index (χ4v) is 5.16. The highest BCUT2D eigenvalue weighted by molar-refractivity contribution is 6.34. The first-order valence-electron chi connectivity index (χ1n) is 11.2. The lowest BCUT2D eigenvalue weighted by atomic mass is 9.83. The molecule has 1 amide bonds. The van der Waals surface area contributed by atoms with Crippen LogP contribution < -0.4 is 5.32 Å². The monoisotopic (exact) mass is 425 g/mol. The number of fused-ring (bicyclic) bond motifs is 1. The van der Waals surface area contributed by atoms with Gasteiger partial charge in [0, 0.05) is 6.42 Å². The molecule has 0 saturated heterocycles. The van der Waals surface area contributed by atoms with Crippen LogP contribution in [0.15, 0.2) is 24.3 Å². The molecule has 0 heterocycles. The number of aryl methyl sites for hydroxylation is 3. The van der Waals surface area contributed by atoms with Gasteiger partial charge in [-0.1, -0.05) is 63.1 Å². The average Bonchev–Trinajstić information content (AvgIpc) is 2.83. The first-order valence-corrected chi connectivity index (χ1v) is 11.6. The van der Waals surface area contributed by atoms with Crippen molar-refractivity contribution in [2.45, 2.75) is 86.0 Å². The van der Waals surface area contributed by atoms with Crippen molar-refractivity contribution >= 4 is 23.2 Å². The average molecular weight is 426 g/mol. The van der Waals surface area contributed by atoms with Gasteiger partial charge in [0.2, 0.25) is 5.91 Å². The van der Waals surface area contributed by atoms with Crippen LogP contribution in [0.25, 0.3) is 0 Å². The van der Waals surface area contributed by atoms with Crippen molar-refractivity contribution in [2.75, 3.05) is 5.32 Å². The van der Waals surface area contributed by atoms with E-state index in [0.29, 0.717) is 12.3 Å². The predicted octanol–water partition coefficient (Wildman–Crippen LogP) is 7.69. The quantitative estimate of drug-likeness (QED) is 0.499. The van der Waals surface area contributed by atoms with Crippen LogP contribution in [0.2, 0.25) is 5.02 Å². The molecule has 0 radical (unpaired) electrons. The molecule has 0 saturated carbocycles. The number of hydrogen-bond acceptors (Lipinski definition) is 1. The first-order chi connectivity index (χ1) is 14.1. The number of rotatable bonds is 4. The molecule has 1 aliphatic rings. The molecular weight excluding hydrogens is 390 g/mol. The summed E-state index contributed by atoms with van der Waals surface area (Å²) >= 11 is 6.94. The van der Waals surface area contributed by atoms with Gasteiger partial charge in [-0.25, -0.2) is 0 Å². The van der Waals surface area contributed by atoms with Crippen LogP contribution in [0.1, 0.15) is 85.8 Å². The zero-order chi connectivity index (χ0) is 22.1. The molecule has 0 spiro atoms. The number of amides is 1. The number of nitrogens with one attached hydrogen (secondary N) is 1. The third-order valence-corrected chi connectivity index (χ3v) is 6.74. The van der Waals surface area contributed by atoms with Crippen LogP contribution in [-0.4, -0.2) is 5.91 Å². The molecule has 30 heavy (non-hydrogen) atoms. The van der Waals surface area contributed by atoms with E-state index in [0.717, 1.165) is 35.5 Å². The summed E-state index contributed by atoms with van der Waals surface area (Å²) < 4.78 is 0. The Morgan fingerprint density at radius 2 is 1.77 bits per heavy atom. The van der Waals surface area contributed by atoms with E-state index in [1.807, 2.05) is 0 Å². The first kappa shape index (κ1) is 22.9. The maximum absolute atomic E-state index is 12.6. The molecular formula is C27H36ClNO. The molecule has 1 atom stereocenters. The summed E-state index contributed by atoms with van der Waals surface area (Å²) in [6, 6.07) is 8.86. The third-order valence-electron chi connectivity index (χ3n) is 6.32. The molecule has 2 aromatic rings. The molecule has 162 valence electrons. The van der Waals surface area contributed by atoms with Crippen molar-refractivity contribution in [2.24, 2.45) is 5.41 Å². The number of hydrogen-bond donors (Lipinski definition) is 1. The predicted molar refractivity (Wildman–Crippen MR) is 129 cm³/mol. The Bertz CT molecular complexity index is 919. The van der Waals surface area contributed by atoms with E-state index in [1.54, 1.807) is 0 Å². The molecule has 1 aliphatic carbocycles. The summed E-state index contributed by atoms with van der Waals surface area (Å²) in [6.45, 7) is 12.7. The van der Waals surface area contributed by atoms with Crippen molar-refractivity contribution in [1.82, 2.24) is 0 Å². The van der Waals surface area contributed by atoms with E-state index in [2.05, 4.69) is 71.1 Å². The molecule has 2 aromatic carbocycles. The van der Waals surface area contributed by atoms with Crippen molar-refractivity contribution in [3.05, 3.63) is 62.7 Å². The molecule has 0 aliphatic heterocycles. The Kier molecular flexibility index (Phi) is 6.97. The summed E-state index contributed by atoms with van der Waals surface area (Å²) in [6.07, 6.45) is 6.07. The van der Waals surface area contributed by atoms with Crippen molar-refractivity contribution < 1.29 is 4.79 Å². The molecule has 0 aromatic heterocycles. The highest BCUT2D eigenvalue weighted by atomic mass is 35.5. The summed E-state index contributed by atoms with van der Waals surface area (Å²) in [4.78, 5) is 12.6. The zero-order valence-electron chi connectivity index (χ0n) is 19.4. The van der Waals surface area contributed by atoms with Crippen LogP contribution in [0.3, 0.4) is 0 Å². The third kappa shape index (κ3) is 5.27. The largest absolute Gasteiger partial charge is 0.325 e. The number of benzene rings is 2. The molecule has 3 heteroatoms.